The number of fused-ring (bicyclic) bond motifs is 8. The second-order valence-electron chi connectivity index (χ2n) is 13.6. The smallest absolute Gasteiger partial charge is 0.159 e. The number of benzene rings is 9. The maximum absolute atomic E-state index is 7.04. The molecule has 0 N–H and O–H groups in total. The molecule has 0 unspecified atom stereocenters. The standard InChI is InChI=1S/C50H31NOS/c1-2-13-33(14-3-1)36-21-11-23-43-44-24-12-25-46(50(44)52-49(36)43)51(34-27-28-42-41-20-8-9-26-47(41)53-48(42)31-34)45-30-29-39(38-18-6-7-19-40(38)45)37-22-10-16-32-15-4-5-17-35(32)37/h1-31H. The summed E-state index contributed by atoms with van der Waals surface area (Å²) in [5.74, 6) is 0. The molecule has 2 heterocycles. The fourth-order valence-corrected chi connectivity index (χ4v) is 9.40. The Labute approximate surface area is 310 Å². The molecule has 2 aromatic heterocycles. The van der Waals surface area contributed by atoms with Crippen molar-refractivity contribution in [2.24, 2.45) is 0 Å². The minimum Gasteiger partial charge on any atom is -0.453 e. The summed E-state index contributed by atoms with van der Waals surface area (Å²) in [4.78, 5) is 2.41. The van der Waals surface area contributed by atoms with Gasteiger partial charge in [0.1, 0.15) is 5.58 Å². The van der Waals surface area contributed by atoms with Gasteiger partial charge in [-0.25, -0.2) is 0 Å². The van der Waals surface area contributed by atoms with Gasteiger partial charge in [-0.1, -0.05) is 158 Å². The van der Waals surface area contributed by atoms with E-state index in [1.54, 1.807) is 0 Å². The van der Waals surface area contributed by atoms with E-state index >= 15 is 0 Å². The maximum Gasteiger partial charge on any atom is 0.159 e. The van der Waals surface area contributed by atoms with Gasteiger partial charge in [-0.2, -0.15) is 0 Å². The highest BCUT2D eigenvalue weighted by Crippen LogP contribution is 2.48. The Morgan fingerprint density at radius 2 is 0.981 bits per heavy atom. The summed E-state index contributed by atoms with van der Waals surface area (Å²) in [6, 6.07) is 67.9. The van der Waals surface area contributed by atoms with Gasteiger partial charge < -0.3 is 9.32 Å². The van der Waals surface area contributed by atoms with E-state index < -0.39 is 0 Å². The Bertz CT molecular complexity index is 3180. The molecular formula is C50H31NOS. The SMILES string of the molecule is c1ccc(-c2cccc3c2oc2c(N(c4ccc5c(c4)sc4ccccc45)c4ccc(-c5cccc6ccccc56)c5ccccc45)cccc23)cc1. The van der Waals surface area contributed by atoms with Crippen LogP contribution in [0, 0.1) is 0 Å². The van der Waals surface area contributed by atoms with Crippen LogP contribution in [0.3, 0.4) is 0 Å². The number of rotatable bonds is 5. The maximum atomic E-state index is 7.04. The predicted molar refractivity (Wildman–Crippen MR) is 227 cm³/mol. The normalized spacial score (nSPS) is 11.8. The first-order chi connectivity index (χ1) is 26.3. The number of anilines is 3. The molecule has 0 amide bonds. The number of para-hydroxylation sites is 2. The van der Waals surface area contributed by atoms with Crippen LogP contribution in [0.5, 0.6) is 0 Å². The van der Waals surface area contributed by atoms with Gasteiger partial charge in [0.15, 0.2) is 5.58 Å². The van der Waals surface area contributed by atoms with E-state index in [1.165, 1.54) is 52.8 Å². The van der Waals surface area contributed by atoms with Crippen molar-refractivity contribution in [3.8, 4) is 22.3 Å². The topological polar surface area (TPSA) is 16.4 Å². The van der Waals surface area contributed by atoms with Gasteiger partial charge >= 0.3 is 0 Å². The molecule has 0 spiro atoms. The van der Waals surface area contributed by atoms with Crippen molar-refractivity contribution in [3.63, 3.8) is 0 Å². The number of furan rings is 1. The van der Waals surface area contributed by atoms with E-state index in [2.05, 4.69) is 193 Å². The molecule has 0 atom stereocenters. The van der Waals surface area contributed by atoms with Crippen LogP contribution in [-0.2, 0) is 0 Å². The predicted octanol–water partition coefficient (Wildman–Crippen LogP) is 15.1. The van der Waals surface area contributed by atoms with E-state index in [9.17, 15) is 0 Å². The summed E-state index contributed by atoms with van der Waals surface area (Å²) < 4.78 is 9.60. The molecule has 11 rings (SSSR count). The largest absolute Gasteiger partial charge is 0.453 e. The molecule has 0 aliphatic rings. The highest BCUT2D eigenvalue weighted by molar-refractivity contribution is 7.25. The second kappa shape index (κ2) is 11.9. The molecule has 0 aliphatic heterocycles. The summed E-state index contributed by atoms with van der Waals surface area (Å²) in [6.45, 7) is 0. The Kier molecular flexibility index (Phi) is 6.76. The molecule has 9 aromatic carbocycles. The lowest BCUT2D eigenvalue weighted by molar-refractivity contribution is 0.670. The van der Waals surface area contributed by atoms with Crippen molar-refractivity contribution in [2.45, 2.75) is 0 Å². The van der Waals surface area contributed by atoms with Crippen molar-refractivity contribution < 1.29 is 4.42 Å². The third kappa shape index (κ3) is 4.71. The zero-order valence-corrected chi connectivity index (χ0v) is 29.5. The molecular weight excluding hydrogens is 663 g/mol. The van der Waals surface area contributed by atoms with Crippen molar-refractivity contribution in [2.75, 3.05) is 4.90 Å². The zero-order valence-electron chi connectivity index (χ0n) is 28.7. The first kappa shape index (κ1) is 30.0. The first-order valence-corrected chi connectivity index (χ1v) is 18.8. The Balaban J connectivity index is 1.20. The van der Waals surface area contributed by atoms with Gasteiger partial charge in [0, 0.05) is 47.6 Å². The number of hydrogen-bond acceptors (Lipinski definition) is 3. The fraction of sp³-hybridized carbons (Fsp3) is 0. The number of nitrogens with zero attached hydrogens (tertiary/aromatic N) is 1. The van der Waals surface area contributed by atoms with E-state index in [4.69, 9.17) is 4.42 Å². The molecule has 0 aliphatic carbocycles. The molecule has 2 nitrogen and oxygen atoms in total. The Hall–Kier alpha value is -6.68. The highest BCUT2D eigenvalue weighted by Gasteiger charge is 2.23. The third-order valence-corrected chi connectivity index (χ3v) is 11.8. The van der Waals surface area contributed by atoms with Crippen LogP contribution in [0.1, 0.15) is 0 Å². The van der Waals surface area contributed by atoms with Crippen molar-refractivity contribution in [1.82, 2.24) is 0 Å². The minimum atomic E-state index is 0.865. The van der Waals surface area contributed by atoms with Crippen LogP contribution in [-0.4, -0.2) is 0 Å². The van der Waals surface area contributed by atoms with Crippen LogP contribution < -0.4 is 4.90 Å². The summed E-state index contributed by atoms with van der Waals surface area (Å²) in [7, 11) is 0. The molecule has 0 radical (unpaired) electrons. The van der Waals surface area contributed by atoms with Crippen LogP contribution in [0.25, 0.3) is 85.9 Å². The summed E-state index contributed by atoms with van der Waals surface area (Å²) >= 11 is 1.84. The van der Waals surface area contributed by atoms with E-state index in [-0.39, 0.29) is 0 Å². The highest BCUT2D eigenvalue weighted by atomic mass is 32.1. The van der Waals surface area contributed by atoms with Gasteiger partial charge in [0.05, 0.1) is 11.4 Å². The van der Waals surface area contributed by atoms with Crippen molar-refractivity contribution in [1.29, 1.82) is 0 Å². The van der Waals surface area contributed by atoms with Crippen LogP contribution in [0.2, 0.25) is 0 Å². The molecule has 3 heteroatoms. The van der Waals surface area contributed by atoms with E-state index in [1.807, 2.05) is 11.3 Å². The second-order valence-corrected chi connectivity index (χ2v) is 14.7. The summed E-state index contributed by atoms with van der Waals surface area (Å²) in [5, 5.41) is 9.65. The minimum absolute atomic E-state index is 0.865. The molecule has 11 aromatic rings. The molecule has 0 bridgehead atoms. The van der Waals surface area contributed by atoms with Gasteiger partial charge in [-0.3, -0.25) is 0 Å². The molecule has 0 saturated carbocycles. The Morgan fingerprint density at radius 1 is 0.358 bits per heavy atom. The number of hydrogen-bond donors (Lipinski definition) is 0. The Morgan fingerprint density at radius 3 is 1.87 bits per heavy atom. The van der Waals surface area contributed by atoms with Gasteiger partial charge in [0.25, 0.3) is 0 Å². The third-order valence-electron chi connectivity index (χ3n) is 10.7. The van der Waals surface area contributed by atoms with Crippen molar-refractivity contribution in [3.05, 3.63) is 188 Å². The zero-order chi connectivity index (χ0) is 34.9. The lowest BCUT2D eigenvalue weighted by Crippen LogP contribution is -2.11. The first-order valence-electron chi connectivity index (χ1n) is 18.0. The molecule has 248 valence electrons. The van der Waals surface area contributed by atoms with Crippen LogP contribution in [0.4, 0.5) is 17.1 Å². The molecule has 0 fully saturated rings. The quantitative estimate of drug-likeness (QED) is 0.178. The van der Waals surface area contributed by atoms with Gasteiger partial charge in [0.2, 0.25) is 0 Å². The summed E-state index contributed by atoms with van der Waals surface area (Å²) in [5.41, 5.74) is 9.63. The van der Waals surface area contributed by atoms with Crippen LogP contribution in [0.15, 0.2) is 192 Å². The van der Waals surface area contributed by atoms with Gasteiger partial charge in [-0.15, -0.1) is 11.3 Å². The lowest BCUT2D eigenvalue weighted by Gasteiger charge is -2.27. The summed E-state index contributed by atoms with van der Waals surface area (Å²) in [6.07, 6.45) is 0. The monoisotopic (exact) mass is 693 g/mol. The van der Waals surface area contributed by atoms with Crippen LogP contribution >= 0.6 is 11.3 Å². The molecule has 0 saturated heterocycles. The fourth-order valence-electron chi connectivity index (χ4n) is 8.26. The van der Waals surface area contributed by atoms with E-state index in [0.29, 0.717) is 0 Å². The van der Waals surface area contributed by atoms with E-state index in [0.717, 1.165) is 50.1 Å². The average molecular weight is 694 g/mol. The average Bonchev–Trinajstić information content (AvgIpc) is 3.80. The molecule has 53 heavy (non-hydrogen) atoms. The lowest BCUT2D eigenvalue weighted by atomic mass is 9.93. The number of thiophene rings is 1. The van der Waals surface area contributed by atoms with Gasteiger partial charge in [-0.05, 0) is 63.2 Å². The van der Waals surface area contributed by atoms with Crippen molar-refractivity contribution >= 4 is 92.1 Å².